The van der Waals surface area contributed by atoms with E-state index in [2.05, 4.69) is 25.7 Å². The van der Waals surface area contributed by atoms with E-state index in [0.717, 1.165) is 56.1 Å². The Bertz CT molecular complexity index is 726. The van der Waals surface area contributed by atoms with Crippen molar-refractivity contribution in [3.8, 4) is 0 Å². The summed E-state index contributed by atoms with van der Waals surface area (Å²) in [6.07, 6.45) is 11.8. The minimum atomic E-state index is -0.721. The molecule has 4 nitrogen and oxygen atoms in total. The zero-order chi connectivity index (χ0) is 23.0. The monoisotopic (exact) mass is 432 g/mol. The van der Waals surface area contributed by atoms with Crippen LogP contribution in [0.5, 0.6) is 0 Å². The third-order valence-electron chi connectivity index (χ3n) is 8.45. The maximum absolute atomic E-state index is 11.4. The molecule has 6 atom stereocenters. The summed E-state index contributed by atoms with van der Waals surface area (Å²) in [7, 11) is 0. The first-order valence-electron chi connectivity index (χ1n) is 12.2. The van der Waals surface area contributed by atoms with Gasteiger partial charge in [0.25, 0.3) is 0 Å². The lowest BCUT2D eigenvalue weighted by atomic mass is 9.59. The topological polar surface area (TPSA) is 80.9 Å². The number of hydrogen-bond donors (Lipinski definition) is 4. The van der Waals surface area contributed by atoms with Gasteiger partial charge in [0.05, 0.1) is 23.4 Å². The summed E-state index contributed by atoms with van der Waals surface area (Å²) in [5.41, 5.74) is 1.82. The van der Waals surface area contributed by atoms with Crippen LogP contribution < -0.4 is 0 Å². The number of aliphatic hydroxyl groups is 4. The molecule has 0 radical (unpaired) electrons. The van der Waals surface area contributed by atoms with Gasteiger partial charge in [-0.25, -0.2) is 0 Å². The quantitative estimate of drug-likeness (QED) is 0.485. The SMILES string of the molecule is C=C1/C(=C\C=C2CCC[C@@]3(C)C2CC[C@@H]3[C@@](C)(O)CCCC(C)(C)O)C[C@@H](O)CC1O. The van der Waals surface area contributed by atoms with E-state index in [1.165, 1.54) is 5.57 Å². The molecular formula is C27H44O4. The fourth-order valence-electron chi connectivity index (χ4n) is 6.78. The van der Waals surface area contributed by atoms with Gasteiger partial charge in [0.1, 0.15) is 0 Å². The maximum atomic E-state index is 11.4. The van der Waals surface area contributed by atoms with Crippen LogP contribution in [0.25, 0.3) is 0 Å². The molecule has 0 aromatic heterocycles. The van der Waals surface area contributed by atoms with Crippen molar-refractivity contribution in [2.24, 2.45) is 17.3 Å². The number of allylic oxidation sites excluding steroid dienone is 3. The summed E-state index contributed by atoms with van der Waals surface area (Å²) in [5.74, 6) is 0.729. The van der Waals surface area contributed by atoms with Crippen molar-refractivity contribution in [3.63, 3.8) is 0 Å². The first kappa shape index (κ1) is 24.7. The summed E-state index contributed by atoms with van der Waals surface area (Å²) in [4.78, 5) is 0. The second-order valence-electron chi connectivity index (χ2n) is 11.6. The Morgan fingerprint density at radius 1 is 1.10 bits per heavy atom. The molecule has 0 bridgehead atoms. The Morgan fingerprint density at radius 3 is 2.48 bits per heavy atom. The molecule has 0 aromatic rings. The van der Waals surface area contributed by atoms with E-state index < -0.39 is 23.4 Å². The van der Waals surface area contributed by atoms with E-state index in [1.54, 1.807) is 0 Å². The minimum absolute atomic E-state index is 0.0867. The number of aliphatic hydroxyl groups excluding tert-OH is 2. The van der Waals surface area contributed by atoms with Crippen molar-refractivity contribution in [1.29, 1.82) is 0 Å². The van der Waals surface area contributed by atoms with Crippen LogP contribution in [-0.2, 0) is 0 Å². The van der Waals surface area contributed by atoms with Gasteiger partial charge in [-0.3, -0.25) is 0 Å². The first-order chi connectivity index (χ1) is 14.3. The Morgan fingerprint density at radius 2 is 1.81 bits per heavy atom. The molecule has 176 valence electrons. The fraction of sp³-hybridized carbons (Fsp3) is 0.778. The molecule has 4 heteroatoms. The Kier molecular flexibility index (Phi) is 7.27. The molecule has 2 unspecified atom stereocenters. The van der Waals surface area contributed by atoms with E-state index in [4.69, 9.17) is 0 Å². The molecule has 0 aromatic carbocycles. The first-order valence-corrected chi connectivity index (χ1v) is 12.2. The van der Waals surface area contributed by atoms with Crippen LogP contribution in [0.3, 0.4) is 0 Å². The smallest absolute Gasteiger partial charge is 0.0811 e. The molecule has 0 aliphatic heterocycles. The predicted molar refractivity (Wildman–Crippen MR) is 125 cm³/mol. The molecule has 3 rings (SSSR count). The number of fused-ring (bicyclic) bond motifs is 1. The minimum Gasteiger partial charge on any atom is -0.393 e. The average molecular weight is 433 g/mol. The zero-order valence-corrected chi connectivity index (χ0v) is 20.0. The molecule has 31 heavy (non-hydrogen) atoms. The van der Waals surface area contributed by atoms with Crippen molar-refractivity contribution in [2.45, 2.75) is 115 Å². The van der Waals surface area contributed by atoms with E-state index in [-0.39, 0.29) is 11.3 Å². The zero-order valence-electron chi connectivity index (χ0n) is 20.0. The lowest BCUT2D eigenvalue weighted by molar-refractivity contribution is -0.0680. The van der Waals surface area contributed by atoms with Crippen LogP contribution in [0, 0.1) is 17.3 Å². The van der Waals surface area contributed by atoms with E-state index in [9.17, 15) is 20.4 Å². The van der Waals surface area contributed by atoms with Gasteiger partial charge in [-0.15, -0.1) is 0 Å². The molecule has 0 saturated heterocycles. The fourth-order valence-corrected chi connectivity index (χ4v) is 6.78. The third-order valence-corrected chi connectivity index (χ3v) is 8.45. The maximum Gasteiger partial charge on any atom is 0.0811 e. The van der Waals surface area contributed by atoms with E-state index in [0.29, 0.717) is 25.2 Å². The van der Waals surface area contributed by atoms with Gasteiger partial charge in [-0.2, -0.15) is 0 Å². The van der Waals surface area contributed by atoms with Gasteiger partial charge in [0, 0.05) is 6.42 Å². The van der Waals surface area contributed by atoms with Crippen LogP contribution >= 0.6 is 0 Å². The highest BCUT2D eigenvalue weighted by Crippen LogP contribution is 2.60. The highest BCUT2D eigenvalue weighted by atomic mass is 16.3. The van der Waals surface area contributed by atoms with Crippen LogP contribution in [0.15, 0.2) is 35.5 Å². The summed E-state index contributed by atoms with van der Waals surface area (Å²) < 4.78 is 0. The van der Waals surface area contributed by atoms with Crippen LogP contribution in [-0.4, -0.2) is 43.8 Å². The van der Waals surface area contributed by atoms with Crippen molar-refractivity contribution in [3.05, 3.63) is 35.5 Å². The largest absolute Gasteiger partial charge is 0.393 e. The van der Waals surface area contributed by atoms with Gasteiger partial charge >= 0.3 is 0 Å². The molecule has 0 amide bonds. The third kappa shape index (κ3) is 5.52. The van der Waals surface area contributed by atoms with Gasteiger partial charge in [0.2, 0.25) is 0 Å². The predicted octanol–water partition coefficient (Wildman–Crippen LogP) is 4.82. The molecule has 4 N–H and O–H groups in total. The molecular weight excluding hydrogens is 388 g/mol. The second-order valence-corrected chi connectivity index (χ2v) is 11.6. The molecule has 0 spiro atoms. The molecule has 0 heterocycles. The summed E-state index contributed by atoms with van der Waals surface area (Å²) in [6.45, 7) is 12.1. The lowest BCUT2D eigenvalue weighted by Crippen LogP contribution is -2.45. The van der Waals surface area contributed by atoms with Crippen molar-refractivity contribution in [2.75, 3.05) is 0 Å². The summed E-state index contributed by atoms with van der Waals surface area (Å²) in [5, 5.41) is 41.6. The highest BCUT2D eigenvalue weighted by Gasteiger charge is 2.54. The van der Waals surface area contributed by atoms with Gasteiger partial charge in [0.15, 0.2) is 0 Å². The molecule has 3 saturated carbocycles. The molecule has 3 aliphatic rings. The van der Waals surface area contributed by atoms with Crippen molar-refractivity contribution >= 4 is 0 Å². The Balaban J connectivity index is 1.75. The van der Waals surface area contributed by atoms with Gasteiger partial charge in [-0.05, 0) is 107 Å². The van der Waals surface area contributed by atoms with Crippen LogP contribution in [0.1, 0.15) is 91.9 Å². The molecule has 3 fully saturated rings. The Labute approximate surface area is 188 Å². The second kappa shape index (κ2) is 9.13. The van der Waals surface area contributed by atoms with Crippen molar-refractivity contribution < 1.29 is 20.4 Å². The standard InChI is InChI=1S/C27H44O4/c1-18-20(16-21(28)17-23(18)29)10-9-19-8-6-14-26(4)22(19)11-12-24(26)27(5,31)15-7-13-25(2,3)30/h9-10,21-24,28-31H,1,6-8,11-17H2,2-5H3/b19-9?,20-10-/t21-,22?,23?,24+,26+,27+/m1/s1. The summed E-state index contributed by atoms with van der Waals surface area (Å²) >= 11 is 0. The number of hydrogen-bond acceptors (Lipinski definition) is 4. The number of rotatable bonds is 6. The van der Waals surface area contributed by atoms with Crippen LogP contribution in [0.2, 0.25) is 0 Å². The normalized spacial score (nSPS) is 39.0. The highest BCUT2D eigenvalue weighted by molar-refractivity contribution is 5.38. The molecule has 3 aliphatic carbocycles. The van der Waals surface area contributed by atoms with Crippen LogP contribution in [0.4, 0.5) is 0 Å². The lowest BCUT2D eigenvalue weighted by Gasteiger charge is -2.47. The van der Waals surface area contributed by atoms with Gasteiger partial charge < -0.3 is 20.4 Å². The van der Waals surface area contributed by atoms with E-state index in [1.807, 2.05) is 20.8 Å². The Hall–Kier alpha value is -0.940. The van der Waals surface area contributed by atoms with Gasteiger partial charge in [-0.1, -0.05) is 31.2 Å². The average Bonchev–Trinajstić information content (AvgIpc) is 3.00. The summed E-state index contributed by atoms with van der Waals surface area (Å²) in [6, 6.07) is 0. The van der Waals surface area contributed by atoms with E-state index >= 15 is 0 Å². The van der Waals surface area contributed by atoms with Crippen molar-refractivity contribution in [1.82, 2.24) is 0 Å².